The van der Waals surface area contributed by atoms with Crippen molar-refractivity contribution in [1.29, 1.82) is 0 Å². The summed E-state index contributed by atoms with van der Waals surface area (Å²) >= 11 is 0. The number of hydrogen-bond acceptors (Lipinski definition) is 3. The average Bonchev–Trinajstić information content (AvgIpc) is 2.92. The molecule has 1 amide bonds. The number of amides is 1. The van der Waals surface area contributed by atoms with Crippen molar-refractivity contribution in [2.75, 3.05) is 19.8 Å². The minimum atomic E-state index is 0.138. The van der Waals surface area contributed by atoms with Crippen LogP contribution in [0.25, 0.3) is 0 Å². The maximum atomic E-state index is 12.0. The second-order valence-electron chi connectivity index (χ2n) is 4.91. The molecule has 4 nitrogen and oxygen atoms in total. The van der Waals surface area contributed by atoms with Crippen molar-refractivity contribution < 1.29 is 9.53 Å². The number of aromatic nitrogens is 1. The van der Waals surface area contributed by atoms with Crippen molar-refractivity contribution in [3.63, 3.8) is 0 Å². The predicted molar refractivity (Wildman–Crippen MR) is 73.8 cm³/mol. The van der Waals surface area contributed by atoms with E-state index in [1.807, 2.05) is 36.4 Å². The molecular weight excluding hydrogens is 240 g/mol. The Hall–Kier alpha value is -1.42. The molecule has 4 heteroatoms. The number of carbonyl (C=O) groups excluding carboxylic acids is 1. The van der Waals surface area contributed by atoms with E-state index in [2.05, 4.69) is 4.98 Å². The maximum Gasteiger partial charge on any atom is 0.248 e. The van der Waals surface area contributed by atoms with Crippen LogP contribution in [0.15, 0.2) is 24.5 Å². The predicted octanol–water partition coefficient (Wildman–Crippen LogP) is 2.04. The summed E-state index contributed by atoms with van der Waals surface area (Å²) in [6.07, 6.45) is 7.90. The molecule has 1 aromatic rings. The molecule has 1 saturated heterocycles. The highest BCUT2D eigenvalue weighted by Crippen LogP contribution is 2.21. The Morgan fingerprint density at radius 1 is 1.47 bits per heavy atom. The van der Waals surface area contributed by atoms with E-state index in [9.17, 15) is 4.79 Å². The number of rotatable bonds is 6. The fourth-order valence-corrected chi connectivity index (χ4v) is 2.62. The largest absolute Gasteiger partial charge is 0.372 e. The van der Waals surface area contributed by atoms with Gasteiger partial charge in [-0.15, -0.1) is 0 Å². The summed E-state index contributed by atoms with van der Waals surface area (Å²) in [4.78, 5) is 18.0. The van der Waals surface area contributed by atoms with Crippen LogP contribution in [0.1, 0.15) is 31.7 Å². The Morgan fingerprint density at radius 3 is 3.00 bits per heavy atom. The average molecular weight is 262 g/mol. The first-order chi connectivity index (χ1) is 9.31. The fraction of sp³-hybridized carbons (Fsp3) is 0.600. The number of nitrogens with zero attached hydrogens (tertiary/aromatic N) is 2. The number of carbonyl (C=O) groups is 1. The van der Waals surface area contributed by atoms with Crippen molar-refractivity contribution in [3.8, 4) is 0 Å². The summed E-state index contributed by atoms with van der Waals surface area (Å²) in [5, 5.41) is 0. The Balaban J connectivity index is 1.83. The van der Waals surface area contributed by atoms with E-state index in [1.165, 1.54) is 5.56 Å². The van der Waals surface area contributed by atoms with E-state index in [4.69, 9.17) is 4.74 Å². The molecule has 1 aliphatic rings. The van der Waals surface area contributed by atoms with E-state index in [1.54, 1.807) is 0 Å². The lowest BCUT2D eigenvalue weighted by molar-refractivity contribution is -0.136. The molecule has 0 bridgehead atoms. The first-order valence-corrected chi connectivity index (χ1v) is 7.07. The highest BCUT2D eigenvalue weighted by molar-refractivity contribution is 5.78. The summed E-state index contributed by atoms with van der Waals surface area (Å²) in [5.41, 5.74) is 1.29. The smallest absolute Gasteiger partial charge is 0.248 e. The van der Waals surface area contributed by atoms with E-state index in [0.29, 0.717) is 12.6 Å². The van der Waals surface area contributed by atoms with Gasteiger partial charge in [0.15, 0.2) is 0 Å². The molecule has 0 spiro atoms. The molecule has 0 radical (unpaired) electrons. The van der Waals surface area contributed by atoms with Gasteiger partial charge in [0.2, 0.25) is 5.91 Å². The molecule has 0 unspecified atom stereocenters. The van der Waals surface area contributed by atoms with E-state index in [-0.39, 0.29) is 12.5 Å². The van der Waals surface area contributed by atoms with Crippen molar-refractivity contribution in [2.24, 2.45) is 0 Å². The monoisotopic (exact) mass is 262 g/mol. The lowest BCUT2D eigenvalue weighted by atomic mass is 10.0. The van der Waals surface area contributed by atoms with Crippen molar-refractivity contribution in [3.05, 3.63) is 30.1 Å². The van der Waals surface area contributed by atoms with Gasteiger partial charge >= 0.3 is 0 Å². The molecular formula is C15H22N2O2. The minimum Gasteiger partial charge on any atom is -0.372 e. The van der Waals surface area contributed by atoms with Crippen molar-refractivity contribution >= 4 is 5.91 Å². The van der Waals surface area contributed by atoms with Crippen LogP contribution in [0.5, 0.6) is 0 Å². The first kappa shape index (κ1) is 14.0. The Bertz CT molecular complexity index is 394. The van der Waals surface area contributed by atoms with Crippen molar-refractivity contribution in [1.82, 2.24) is 9.88 Å². The van der Waals surface area contributed by atoms with Gasteiger partial charge in [-0.1, -0.05) is 0 Å². The molecule has 0 N–H and O–H groups in total. The second kappa shape index (κ2) is 7.24. The summed E-state index contributed by atoms with van der Waals surface area (Å²) < 4.78 is 5.22. The highest BCUT2D eigenvalue weighted by Gasteiger charge is 2.27. The SMILES string of the molecule is CCOCC(=O)N1CCC[C@H]1CCc1ccncc1. The summed E-state index contributed by atoms with van der Waals surface area (Å²) in [7, 11) is 0. The van der Waals surface area contributed by atoms with Crippen LogP contribution in [0.3, 0.4) is 0 Å². The fourth-order valence-electron chi connectivity index (χ4n) is 2.62. The Kier molecular flexibility index (Phi) is 5.33. The summed E-state index contributed by atoms with van der Waals surface area (Å²) in [6.45, 7) is 3.62. The molecule has 1 atom stereocenters. The van der Waals surface area contributed by atoms with Gasteiger partial charge in [0.05, 0.1) is 0 Å². The number of likely N-dealkylation sites (tertiary alicyclic amines) is 1. The van der Waals surface area contributed by atoms with Crippen LogP contribution in [0.2, 0.25) is 0 Å². The summed E-state index contributed by atoms with van der Waals surface area (Å²) in [5.74, 6) is 0.138. The van der Waals surface area contributed by atoms with Gasteiger partial charge in [0, 0.05) is 31.6 Å². The van der Waals surface area contributed by atoms with Gasteiger partial charge < -0.3 is 9.64 Å². The third-order valence-electron chi connectivity index (χ3n) is 3.64. The van der Waals surface area contributed by atoms with E-state index in [0.717, 1.165) is 32.2 Å². The molecule has 0 aromatic carbocycles. The van der Waals surface area contributed by atoms with E-state index < -0.39 is 0 Å². The van der Waals surface area contributed by atoms with Crippen LogP contribution >= 0.6 is 0 Å². The van der Waals surface area contributed by atoms with Crippen LogP contribution in [0, 0.1) is 0 Å². The van der Waals surface area contributed by atoms with Crippen LogP contribution in [-0.4, -0.2) is 41.6 Å². The van der Waals surface area contributed by atoms with E-state index >= 15 is 0 Å². The number of hydrogen-bond donors (Lipinski definition) is 0. The number of ether oxygens (including phenoxy) is 1. The van der Waals surface area contributed by atoms with Crippen LogP contribution in [0.4, 0.5) is 0 Å². The molecule has 19 heavy (non-hydrogen) atoms. The molecule has 0 aliphatic carbocycles. The van der Waals surface area contributed by atoms with Crippen molar-refractivity contribution in [2.45, 2.75) is 38.6 Å². The molecule has 1 aliphatic heterocycles. The highest BCUT2D eigenvalue weighted by atomic mass is 16.5. The maximum absolute atomic E-state index is 12.0. The normalized spacial score (nSPS) is 18.8. The summed E-state index contributed by atoms with van der Waals surface area (Å²) in [6, 6.07) is 4.46. The van der Waals surface area contributed by atoms with Crippen LogP contribution in [-0.2, 0) is 16.0 Å². The molecule has 104 valence electrons. The van der Waals surface area contributed by atoms with Crippen LogP contribution < -0.4 is 0 Å². The van der Waals surface area contributed by atoms with Gasteiger partial charge in [-0.25, -0.2) is 0 Å². The quantitative estimate of drug-likeness (QED) is 0.788. The molecule has 2 rings (SSSR count). The Labute approximate surface area is 114 Å². The molecule has 1 fully saturated rings. The zero-order valence-corrected chi connectivity index (χ0v) is 11.5. The lowest BCUT2D eigenvalue weighted by Crippen LogP contribution is -2.38. The topological polar surface area (TPSA) is 42.4 Å². The van der Waals surface area contributed by atoms with Gasteiger partial charge in [-0.05, 0) is 50.3 Å². The molecule has 1 aromatic heterocycles. The minimum absolute atomic E-state index is 0.138. The number of pyridine rings is 1. The second-order valence-corrected chi connectivity index (χ2v) is 4.91. The number of aryl methyl sites for hydroxylation is 1. The van der Waals surface area contributed by atoms with Gasteiger partial charge in [-0.3, -0.25) is 9.78 Å². The van der Waals surface area contributed by atoms with Gasteiger partial charge in [0.1, 0.15) is 6.61 Å². The Morgan fingerprint density at radius 2 is 2.26 bits per heavy atom. The zero-order valence-electron chi connectivity index (χ0n) is 11.5. The lowest BCUT2D eigenvalue weighted by Gasteiger charge is -2.24. The third kappa shape index (κ3) is 4.03. The van der Waals surface area contributed by atoms with Gasteiger partial charge in [-0.2, -0.15) is 0 Å². The van der Waals surface area contributed by atoms with Gasteiger partial charge in [0.25, 0.3) is 0 Å². The molecule has 2 heterocycles. The first-order valence-electron chi connectivity index (χ1n) is 7.07. The molecule has 0 saturated carbocycles. The third-order valence-corrected chi connectivity index (χ3v) is 3.64. The standard InChI is InChI=1S/C15H22N2O2/c1-2-19-12-15(18)17-11-3-4-14(17)6-5-13-7-9-16-10-8-13/h7-10,14H,2-6,11-12H2,1H3/t14-/m0/s1. The zero-order chi connectivity index (χ0) is 13.5.